The normalized spacial score (nSPS) is 16.9. The van der Waals surface area contributed by atoms with Gasteiger partial charge < -0.3 is 10.2 Å². The number of carbonyl (C=O) groups excluding carboxylic acids is 2. The van der Waals surface area contributed by atoms with E-state index in [4.69, 9.17) is 0 Å². The van der Waals surface area contributed by atoms with Crippen LogP contribution >= 0.6 is 0 Å². The van der Waals surface area contributed by atoms with Crippen LogP contribution in [0.4, 0.5) is 0 Å². The van der Waals surface area contributed by atoms with Crippen molar-refractivity contribution in [3.8, 4) is 0 Å². The molecule has 1 unspecified atom stereocenters. The first-order chi connectivity index (χ1) is 10.2. The number of hydrogen-bond donors (Lipinski definition) is 1. The fourth-order valence-electron chi connectivity index (χ4n) is 2.66. The van der Waals surface area contributed by atoms with Crippen molar-refractivity contribution in [1.82, 2.24) is 10.2 Å². The number of hydrogen-bond acceptors (Lipinski definition) is 2. The Bertz CT molecular complexity index is 465. The quantitative estimate of drug-likeness (QED) is 0.926. The van der Waals surface area contributed by atoms with Gasteiger partial charge in [-0.15, -0.1) is 0 Å². The maximum absolute atomic E-state index is 12.3. The lowest BCUT2D eigenvalue weighted by Gasteiger charge is -2.22. The fraction of sp³-hybridized carbons (Fsp3) is 0.529. The van der Waals surface area contributed by atoms with E-state index in [2.05, 4.69) is 5.32 Å². The van der Waals surface area contributed by atoms with Crippen molar-refractivity contribution in [3.05, 3.63) is 35.9 Å². The summed E-state index contributed by atoms with van der Waals surface area (Å²) in [6, 6.07) is 8.96. The number of benzene rings is 1. The molecule has 2 amide bonds. The van der Waals surface area contributed by atoms with Crippen LogP contribution in [0.3, 0.4) is 0 Å². The molecule has 1 aromatic carbocycles. The van der Waals surface area contributed by atoms with E-state index >= 15 is 0 Å². The third kappa shape index (κ3) is 4.88. The molecule has 0 aromatic heterocycles. The molecular weight excluding hydrogens is 264 g/mol. The van der Waals surface area contributed by atoms with Crippen molar-refractivity contribution in [2.24, 2.45) is 0 Å². The predicted octanol–water partition coefficient (Wildman–Crippen LogP) is 2.60. The van der Waals surface area contributed by atoms with Gasteiger partial charge in [0.15, 0.2) is 0 Å². The molecule has 114 valence electrons. The molecular formula is C17H24N2O2. The Morgan fingerprint density at radius 3 is 2.33 bits per heavy atom. The lowest BCUT2D eigenvalue weighted by Crippen LogP contribution is -2.39. The van der Waals surface area contributed by atoms with Crippen molar-refractivity contribution >= 4 is 11.8 Å². The van der Waals surface area contributed by atoms with Gasteiger partial charge in [0, 0.05) is 31.1 Å². The topological polar surface area (TPSA) is 49.4 Å². The third-order valence-electron chi connectivity index (χ3n) is 3.85. The first-order valence-corrected chi connectivity index (χ1v) is 7.80. The van der Waals surface area contributed by atoms with Gasteiger partial charge in [0.1, 0.15) is 0 Å². The van der Waals surface area contributed by atoms with Crippen molar-refractivity contribution in [1.29, 1.82) is 0 Å². The smallest absolute Gasteiger partial charge is 0.251 e. The summed E-state index contributed by atoms with van der Waals surface area (Å²) < 4.78 is 0. The second kappa shape index (κ2) is 7.81. The maximum Gasteiger partial charge on any atom is 0.251 e. The summed E-state index contributed by atoms with van der Waals surface area (Å²) in [6.45, 7) is 3.60. The zero-order valence-electron chi connectivity index (χ0n) is 12.7. The van der Waals surface area contributed by atoms with Crippen LogP contribution in [0, 0.1) is 0 Å². The molecule has 0 saturated carbocycles. The van der Waals surface area contributed by atoms with Crippen LogP contribution < -0.4 is 5.32 Å². The van der Waals surface area contributed by atoms with Crippen LogP contribution in [0.2, 0.25) is 0 Å². The zero-order valence-corrected chi connectivity index (χ0v) is 12.7. The van der Waals surface area contributed by atoms with Crippen LogP contribution in [-0.2, 0) is 4.79 Å². The lowest BCUT2D eigenvalue weighted by molar-refractivity contribution is -0.131. The van der Waals surface area contributed by atoms with Crippen molar-refractivity contribution in [2.45, 2.75) is 45.1 Å². The average molecular weight is 288 g/mol. The van der Waals surface area contributed by atoms with Crippen LogP contribution in [0.15, 0.2) is 30.3 Å². The van der Waals surface area contributed by atoms with E-state index in [0.717, 1.165) is 25.9 Å². The van der Waals surface area contributed by atoms with Crippen molar-refractivity contribution < 1.29 is 9.59 Å². The van der Waals surface area contributed by atoms with Gasteiger partial charge in [0.2, 0.25) is 5.91 Å². The SMILES string of the molecule is CC(CC(=O)N1CCCCCC1)NC(=O)c1ccccc1. The van der Waals surface area contributed by atoms with Gasteiger partial charge in [0.05, 0.1) is 0 Å². The Morgan fingerprint density at radius 2 is 1.71 bits per heavy atom. The number of rotatable bonds is 4. The van der Waals surface area contributed by atoms with Gasteiger partial charge in [-0.25, -0.2) is 0 Å². The highest BCUT2D eigenvalue weighted by Gasteiger charge is 2.19. The molecule has 2 rings (SSSR count). The standard InChI is InChI=1S/C17H24N2O2/c1-14(18-17(21)15-9-5-4-6-10-15)13-16(20)19-11-7-2-3-8-12-19/h4-6,9-10,14H,2-3,7-8,11-13H2,1H3,(H,18,21). The minimum atomic E-state index is -0.145. The zero-order chi connectivity index (χ0) is 15.1. The fourth-order valence-corrected chi connectivity index (χ4v) is 2.66. The Labute approximate surface area is 126 Å². The molecule has 0 radical (unpaired) electrons. The summed E-state index contributed by atoms with van der Waals surface area (Å²) in [5, 5.41) is 2.90. The lowest BCUT2D eigenvalue weighted by atomic mass is 10.1. The average Bonchev–Trinajstić information content (AvgIpc) is 2.77. The summed E-state index contributed by atoms with van der Waals surface area (Å²) in [6.07, 6.45) is 4.99. The van der Waals surface area contributed by atoms with Gasteiger partial charge >= 0.3 is 0 Å². The summed E-state index contributed by atoms with van der Waals surface area (Å²) in [4.78, 5) is 26.2. The van der Waals surface area contributed by atoms with Gasteiger partial charge in [-0.3, -0.25) is 9.59 Å². The number of nitrogens with zero attached hydrogens (tertiary/aromatic N) is 1. The van der Waals surface area contributed by atoms with Crippen molar-refractivity contribution in [3.63, 3.8) is 0 Å². The summed E-state index contributed by atoms with van der Waals surface area (Å²) in [5.74, 6) is 0.0320. The minimum Gasteiger partial charge on any atom is -0.349 e. The molecule has 1 aliphatic rings. The predicted molar refractivity (Wildman–Crippen MR) is 83.0 cm³/mol. The molecule has 0 spiro atoms. The molecule has 4 nitrogen and oxygen atoms in total. The van der Waals surface area contributed by atoms with Crippen LogP contribution in [-0.4, -0.2) is 35.8 Å². The highest BCUT2D eigenvalue weighted by Crippen LogP contribution is 2.11. The molecule has 0 aliphatic carbocycles. The highest BCUT2D eigenvalue weighted by atomic mass is 16.2. The molecule has 4 heteroatoms. The molecule has 1 N–H and O–H groups in total. The Kier molecular flexibility index (Phi) is 5.78. The molecule has 1 atom stereocenters. The summed E-state index contributed by atoms with van der Waals surface area (Å²) >= 11 is 0. The van der Waals surface area contributed by atoms with E-state index in [1.165, 1.54) is 12.8 Å². The van der Waals surface area contributed by atoms with E-state index in [0.29, 0.717) is 12.0 Å². The van der Waals surface area contributed by atoms with Crippen LogP contribution in [0.1, 0.15) is 49.4 Å². The van der Waals surface area contributed by atoms with Crippen LogP contribution in [0.5, 0.6) is 0 Å². The molecule has 0 bridgehead atoms. The van der Waals surface area contributed by atoms with E-state index in [9.17, 15) is 9.59 Å². The molecule has 1 aromatic rings. The molecule has 21 heavy (non-hydrogen) atoms. The number of amides is 2. The van der Waals surface area contributed by atoms with Gasteiger partial charge in [0.25, 0.3) is 5.91 Å². The molecule has 1 saturated heterocycles. The second-order valence-corrected chi connectivity index (χ2v) is 5.74. The first kappa shape index (κ1) is 15.5. The van der Waals surface area contributed by atoms with Gasteiger partial charge in [-0.2, -0.15) is 0 Å². The van der Waals surface area contributed by atoms with E-state index < -0.39 is 0 Å². The van der Waals surface area contributed by atoms with Crippen LogP contribution in [0.25, 0.3) is 0 Å². The molecule has 1 heterocycles. The number of likely N-dealkylation sites (tertiary alicyclic amines) is 1. The first-order valence-electron chi connectivity index (χ1n) is 7.80. The van der Waals surface area contributed by atoms with E-state index in [-0.39, 0.29) is 17.9 Å². The summed E-state index contributed by atoms with van der Waals surface area (Å²) in [7, 11) is 0. The van der Waals surface area contributed by atoms with Gasteiger partial charge in [-0.1, -0.05) is 31.0 Å². The van der Waals surface area contributed by atoms with Gasteiger partial charge in [-0.05, 0) is 31.9 Å². The highest BCUT2D eigenvalue weighted by molar-refractivity contribution is 5.94. The molecule has 1 aliphatic heterocycles. The molecule has 1 fully saturated rings. The van der Waals surface area contributed by atoms with Crippen molar-refractivity contribution in [2.75, 3.05) is 13.1 Å². The number of carbonyl (C=O) groups is 2. The van der Waals surface area contributed by atoms with E-state index in [1.807, 2.05) is 30.0 Å². The number of nitrogens with one attached hydrogen (secondary N) is 1. The third-order valence-corrected chi connectivity index (χ3v) is 3.85. The van der Waals surface area contributed by atoms with E-state index in [1.54, 1.807) is 12.1 Å². The Balaban J connectivity index is 1.82. The second-order valence-electron chi connectivity index (χ2n) is 5.74. The maximum atomic E-state index is 12.3. The Morgan fingerprint density at radius 1 is 1.10 bits per heavy atom. The largest absolute Gasteiger partial charge is 0.349 e. The Hall–Kier alpha value is -1.84. The monoisotopic (exact) mass is 288 g/mol. The minimum absolute atomic E-state index is 0.119. The summed E-state index contributed by atoms with van der Waals surface area (Å²) in [5.41, 5.74) is 0.631.